The predicted molar refractivity (Wildman–Crippen MR) is 111 cm³/mol. The molecule has 2 N–H and O–H groups in total. The molecule has 27 heavy (non-hydrogen) atoms. The normalized spacial score (nSPS) is 11.4. The number of hydrogen-bond donors (Lipinski definition) is 2. The highest BCUT2D eigenvalue weighted by Crippen LogP contribution is 2.25. The summed E-state index contributed by atoms with van der Waals surface area (Å²) in [4.78, 5) is 5.89. The van der Waals surface area contributed by atoms with Crippen LogP contribution >= 0.6 is 0 Å². The first-order chi connectivity index (χ1) is 13.2. The van der Waals surface area contributed by atoms with Crippen LogP contribution in [-0.2, 0) is 6.42 Å². The summed E-state index contributed by atoms with van der Waals surface area (Å²) in [6.45, 7) is 12.8. The van der Waals surface area contributed by atoms with Crippen LogP contribution in [0.2, 0.25) is 0 Å². The number of aromatic nitrogens is 2. The first kappa shape index (κ1) is 19.2. The van der Waals surface area contributed by atoms with Crippen LogP contribution in [-0.4, -0.2) is 36.1 Å². The predicted octanol–water partition coefficient (Wildman–Crippen LogP) is 3.79. The fourth-order valence-electron chi connectivity index (χ4n) is 3.93. The highest BCUT2D eigenvalue weighted by atomic mass is 15.1. The van der Waals surface area contributed by atoms with Crippen LogP contribution in [0.4, 0.5) is 5.82 Å². The van der Waals surface area contributed by atoms with Crippen LogP contribution in [0.1, 0.15) is 43.9 Å². The summed E-state index contributed by atoms with van der Waals surface area (Å²) in [6, 6.07) is 10.7. The summed E-state index contributed by atoms with van der Waals surface area (Å²) in [5.41, 5.74) is 6.05. The molecular weight excluding hydrogens is 334 g/mol. The molecule has 0 aliphatic carbocycles. The monoisotopic (exact) mass is 364 g/mol. The van der Waals surface area contributed by atoms with Crippen LogP contribution in [0.5, 0.6) is 0 Å². The summed E-state index contributed by atoms with van der Waals surface area (Å²) < 4.78 is 2.19. The number of pyridine rings is 1. The molecule has 0 atom stereocenters. The van der Waals surface area contributed by atoms with Crippen molar-refractivity contribution in [1.29, 1.82) is 5.26 Å². The third-order valence-corrected chi connectivity index (χ3v) is 5.50. The van der Waals surface area contributed by atoms with Gasteiger partial charge in [-0.1, -0.05) is 32.9 Å². The Morgan fingerprint density at radius 1 is 1.19 bits per heavy atom. The molecule has 0 amide bonds. The van der Waals surface area contributed by atoms with Crippen LogP contribution in [0, 0.1) is 18.3 Å². The molecule has 0 unspecified atom stereocenters. The second-order valence-corrected chi connectivity index (χ2v) is 6.93. The fourth-order valence-corrected chi connectivity index (χ4v) is 3.93. The molecule has 0 saturated carbocycles. The number of rotatable bonds is 8. The SMILES string of the molecule is CCc1c(C)c(C#N)c2[nH]c3ccccc3[n+]2c1NCCCN(CC)CC. The average molecular weight is 365 g/mol. The molecule has 0 aliphatic rings. The topological polar surface area (TPSA) is 59.0 Å². The Labute approximate surface area is 161 Å². The molecule has 142 valence electrons. The van der Waals surface area contributed by atoms with Gasteiger partial charge in [-0.2, -0.15) is 9.66 Å². The number of H-pyrrole nitrogens is 1. The lowest BCUT2D eigenvalue weighted by Gasteiger charge is -2.18. The van der Waals surface area contributed by atoms with Crippen molar-refractivity contribution in [3.8, 4) is 6.07 Å². The van der Waals surface area contributed by atoms with Gasteiger partial charge in [0.2, 0.25) is 11.5 Å². The zero-order chi connectivity index (χ0) is 19.4. The third kappa shape index (κ3) is 3.50. The number of aromatic amines is 1. The van der Waals surface area contributed by atoms with Gasteiger partial charge < -0.3 is 10.2 Å². The van der Waals surface area contributed by atoms with E-state index in [1.54, 1.807) is 0 Å². The molecule has 2 heterocycles. The minimum Gasteiger partial charge on any atom is -0.305 e. The van der Waals surface area contributed by atoms with Crippen LogP contribution in [0.25, 0.3) is 16.7 Å². The molecule has 5 heteroatoms. The number of hydrogen-bond acceptors (Lipinski definition) is 3. The number of nitrogens with one attached hydrogen (secondary N) is 2. The summed E-state index contributed by atoms with van der Waals surface area (Å²) in [5.74, 6) is 1.11. The Morgan fingerprint density at radius 3 is 2.59 bits per heavy atom. The Hall–Kier alpha value is -2.58. The van der Waals surface area contributed by atoms with E-state index in [2.05, 4.69) is 65.5 Å². The number of fused-ring (bicyclic) bond motifs is 3. The van der Waals surface area contributed by atoms with Gasteiger partial charge in [-0.05, 0) is 50.6 Å². The minimum atomic E-state index is 0.733. The van der Waals surface area contributed by atoms with Crippen molar-refractivity contribution in [1.82, 2.24) is 9.88 Å². The van der Waals surface area contributed by atoms with Gasteiger partial charge in [0.25, 0.3) is 0 Å². The molecule has 3 aromatic rings. The third-order valence-electron chi connectivity index (χ3n) is 5.50. The van der Waals surface area contributed by atoms with Crippen molar-refractivity contribution in [2.24, 2.45) is 0 Å². The van der Waals surface area contributed by atoms with E-state index in [1.807, 2.05) is 12.1 Å². The van der Waals surface area contributed by atoms with E-state index in [0.717, 1.165) is 72.6 Å². The summed E-state index contributed by atoms with van der Waals surface area (Å²) in [7, 11) is 0. The maximum Gasteiger partial charge on any atom is 0.250 e. The van der Waals surface area contributed by atoms with Gasteiger partial charge in [0, 0.05) is 12.1 Å². The van der Waals surface area contributed by atoms with Crippen molar-refractivity contribution in [3.63, 3.8) is 0 Å². The molecule has 1 aromatic carbocycles. The molecule has 0 radical (unpaired) electrons. The number of imidazole rings is 1. The standard InChI is InChI=1S/C22H29N5/c1-5-17-16(4)18(15-23)22-25-19-11-8-9-12-20(19)27(22)21(17)24-13-10-14-26(6-2)7-3/h8-9,11-12H,5-7,10,13-14H2,1-4H3,(H,24,25)/p+1. The van der Waals surface area contributed by atoms with E-state index in [0.29, 0.717) is 0 Å². The lowest BCUT2D eigenvalue weighted by atomic mass is 10.0. The fraction of sp³-hybridized carbons (Fsp3) is 0.455. The maximum absolute atomic E-state index is 9.77. The lowest BCUT2D eigenvalue weighted by Crippen LogP contribution is -2.31. The van der Waals surface area contributed by atoms with Crippen LogP contribution in [0.15, 0.2) is 24.3 Å². The molecule has 0 aliphatic heterocycles. The second-order valence-electron chi connectivity index (χ2n) is 6.93. The van der Waals surface area contributed by atoms with Gasteiger partial charge in [0.1, 0.15) is 22.7 Å². The zero-order valence-corrected chi connectivity index (χ0v) is 16.9. The minimum absolute atomic E-state index is 0.733. The van der Waals surface area contributed by atoms with Gasteiger partial charge >= 0.3 is 0 Å². The van der Waals surface area contributed by atoms with E-state index in [-0.39, 0.29) is 0 Å². The van der Waals surface area contributed by atoms with E-state index < -0.39 is 0 Å². The second kappa shape index (κ2) is 8.41. The molecule has 3 rings (SSSR count). The molecular formula is C22H30N5+. The number of anilines is 1. The van der Waals surface area contributed by atoms with Gasteiger partial charge in [0.05, 0.1) is 6.54 Å². The molecule has 0 saturated heterocycles. The van der Waals surface area contributed by atoms with Gasteiger partial charge in [0.15, 0.2) is 0 Å². The maximum atomic E-state index is 9.77. The first-order valence-corrected chi connectivity index (χ1v) is 10.00. The molecule has 5 nitrogen and oxygen atoms in total. The van der Waals surface area contributed by atoms with Crippen molar-refractivity contribution < 1.29 is 4.40 Å². The number of benzene rings is 1. The van der Waals surface area contributed by atoms with Crippen molar-refractivity contribution >= 4 is 22.5 Å². The zero-order valence-electron chi connectivity index (χ0n) is 16.9. The summed E-state index contributed by atoms with van der Waals surface area (Å²) in [5, 5.41) is 13.5. The highest BCUT2D eigenvalue weighted by molar-refractivity contribution is 5.78. The largest absolute Gasteiger partial charge is 0.305 e. The Kier molecular flexibility index (Phi) is 5.98. The summed E-state index contributed by atoms with van der Waals surface area (Å²) in [6.07, 6.45) is 1.98. The van der Waals surface area contributed by atoms with E-state index >= 15 is 0 Å². The van der Waals surface area contributed by atoms with Crippen molar-refractivity contribution in [2.75, 3.05) is 31.5 Å². The van der Waals surface area contributed by atoms with Gasteiger partial charge in [-0.15, -0.1) is 0 Å². The molecule has 0 bridgehead atoms. The Bertz CT molecular complexity index is 976. The molecule has 0 fully saturated rings. The Morgan fingerprint density at radius 2 is 1.93 bits per heavy atom. The van der Waals surface area contributed by atoms with Gasteiger partial charge in [-0.3, -0.25) is 4.98 Å². The van der Waals surface area contributed by atoms with Crippen molar-refractivity contribution in [2.45, 2.75) is 40.5 Å². The first-order valence-electron chi connectivity index (χ1n) is 10.00. The van der Waals surface area contributed by atoms with E-state index in [4.69, 9.17) is 0 Å². The number of nitriles is 1. The lowest BCUT2D eigenvalue weighted by molar-refractivity contribution is -0.465. The highest BCUT2D eigenvalue weighted by Gasteiger charge is 2.24. The van der Waals surface area contributed by atoms with E-state index in [1.165, 1.54) is 5.56 Å². The number of para-hydroxylation sites is 2. The molecule has 0 spiro atoms. The number of nitrogens with zero attached hydrogens (tertiary/aromatic N) is 3. The van der Waals surface area contributed by atoms with Gasteiger partial charge in [-0.25, -0.2) is 0 Å². The van der Waals surface area contributed by atoms with Crippen molar-refractivity contribution in [3.05, 3.63) is 41.0 Å². The van der Waals surface area contributed by atoms with Crippen LogP contribution < -0.4 is 9.72 Å². The summed E-state index contributed by atoms with van der Waals surface area (Å²) >= 11 is 0. The average Bonchev–Trinajstić information content (AvgIpc) is 3.07. The van der Waals surface area contributed by atoms with E-state index in [9.17, 15) is 5.26 Å². The van der Waals surface area contributed by atoms with Crippen LogP contribution in [0.3, 0.4) is 0 Å². The smallest absolute Gasteiger partial charge is 0.250 e. The quantitative estimate of drug-likeness (QED) is 0.472. The molecule has 2 aromatic heterocycles. The Balaban J connectivity index is 2.06.